The van der Waals surface area contributed by atoms with E-state index in [1.165, 1.54) is 16.8 Å². The summed E-state index contributed by atoms with van der Waals surface area (Å²) in [5, 5.41) is 0. The smallest absolute Gasteiger partial charge is 0.0511 e. The highest BCUT2D eigenvalue weighted by Crippen LogP contribution is 2.28. The van der Waals surface area contributed by atoms with Crippen LogP contribution in [-0.2, 0) is 13.0 Å². The monoisotopic (exact) mass is 410 g/mol. The van der Waals surface area contributed by atoms with Crippen molar-refractivity contribution in [2.24, 2.45) is 5.73 Å². The van der Waals surface area contributed by atoms with E-state index >= 15 is 0 Å². The molecule has 112 valence electrons. The lowest BCUT2D eigenvalue weighted by atomic mass is 10.1. The summed E-state index contributed by atoms with van der Waals surface area (Å²) in [6.07, 6.45) is 0.898. The maximum Gasteiger partial charge on any atom is 0.0511 e. The molecule has 0 amide bonds. The lowest BCUT2D eigenvalue weighted by molar-refractivity contribution is 0.737. The Morgan fingerprint density at radius 3 is 2.24 bits per heavy atom. The molecule has 2 aromatic rings. The van der Waals surface area contributed by atoms with Gasteiger partial charge in [0.25, 0.3) is 0 Å². The molecule has 0 fully saturated rings. The van der Waals surface area contributed by atoms with Crippen LogP contribution in [0.3, 0.4) is 0 Å². The Morgan fingerprint density at radius 2 is 1.67 bits per heavy atom. The van der Waals surface area contributed by atoms with Crippen LogP contribution in [0.25, 0.3) is 0 Å². The Bertz CT molecular complexity index is 594. The minimum absolute atomic E-state index is 0.184. The zero-order chi connectivity index (χ0) is 15.4. The highest BCUT2D eigenvalue weighted by atomic mass is 79.9. The standard InChI is InChI=1S/C17H20Br2N2/c1-12(20)9-14-5-8-17(16(19)10-14)21(2)11-13-3-6-15(18)7-4-13/h3-8,10,12H,9,11,20H2,1-2H3. The number of hydrogen-bond acceptors (Lipinski definition) is 2. The average Bonchev–Trinajstić information content (AvgIpc) is 2.40. The lowest BCUT2D eigenvalue weighted by Crippen LogP contribution is -2.19. The fourth-order valence-electron chi connectivity index (χ4n) is 2.31. The SMILES string of the molecule is CC(N)Cc1ccc(N(C)Cc2ccc(Br)cc2)c(Br)c1. The molecule has 1 atom stereocenters. The van der Waals surface area contributed by atoms with E-state index < -0.39 is 0 Å². The fraction of sp³-hybridized carbons (Fsp3) is 0.294. The molecule has 0 bridgehead atoms. The van der Waals surface area contributed by atoms with Crippen LogP contribution < -0.4 is 10.6 Å². The van der Waals surface area contributed by atoms with Crippen molar-refractivity contribution in [2.45, 2.75) is 25.9 Å². The number of benzene rings is 2. The largest absolute Gasteiger partial charge is 0.369 e. The van der Waals surface area contributed by atoms with Gasteiger partial charge in [0.1, 0.15) is 0 Å². The van der Waals surface area contributed by atoms with E-state index in [4.69, 9.17) is 5.73 Å². The topological polar surface area (TPSA) is 29.3 Å². The van der Waals surface area contributed by atoms with Gasteiger partial charge >= 0.3 is 0 Å². The van der Waals surface area contributed by atoms with Crippen LogP contribution in [0.15, 0.2) is 51.4 Å². The van der Waals surface area contributed by atoms with Gasteiger partial charge in [-0.15, -0.1) is 0 Å². The maximum absolute atomic E-state index is 5.86. The van der Waals surface area contributed by atoms with Gasteiger partial charge < -0.3 is 10.6 Å². The molecule has 0 radical (unpaired) electrons. The van der Waals surface area contributed by atoms with Gasteiger partial charge in [0.2, 0.25) is 0 Å². The molecule has 2 N–H and O–H groups in total. The molecule has 0 spiro atoms. The molecule has 0 saturated carbocycles. The predicted molar refractivity (Wildman–Crippen MR) is 97.7 cm³/mol. The van der Waals surface area contributed by atoms with Gasteiger partial charge in [-0.1, -0.05) is 34.1 Å². The van der Waals surface area contributed by atoms with Crippen LogP contribution in [0.5, 0.6) is 0 Å². The summed E-state index contributed by atoms with van der Waals surface area (Å²) in [6.45, 7) is 2.90. The van der Waals surface area contributed by atoms with E-state index in [0.717, 1.165) is 21.9 Å². The lowest BCUT2D eigenvalue weighted by Gasteiger charge is -2.21. The van der Waals surface area contributed by atoms with Gasteiger partial charge in [-0.05, 0) is 64.7 Å². The third-order valence-corrected chi connectivity index (χ3v) is 4.48. The summed E-state index contributed by atoms with van der Waals surface area (Å²) < 4.78 is 2.22. The summed E-state index contributed by atoms with van der Waals surface area (Å²) in [4.78, 5) is 2.24. The first-order valence-electron chi connectivity index (χ1n) is 6.95. The molecule has 0 aliphatic rings. The third-order valence-electron chi connectivity index (χ3n) is 3.31. The van der Waals surface area contributed by atoms with E-state index in [-0.39, 0.29) is 6.04 Å². The van der Waals surface area contributed by atoms with Gasteiger partial charge in [0.15, 0.2) is 0 Å². The Kier molecular flexibility index (Phi) is 5.85. The van der Waals surface area contributed by atoms with Crippen molar-refractivity contribution in [3.05, 3.63) is 62.5 Å². The van der Waals surface area contributed by atoms with Crippen molar-refractivity contribution < 1.29 is 0 Å². The molecule has 2 rings (SSSR count). The number of rotatable bonds is 5. The van der Waals surface area contributed by atoms with Crippen LogP contribution in [0.2, 0.25) is 0 Å². The minimum atomic E-state index is 0.184. The number of nitrogens with zero attached hydrogens (tertiary/aromatic N) is 1. The third kappa shape index (κ3) is 4.83. The van der Waals surface area contributed by atoms with Crippen molar-refractivity contribution in [1.82, 2.24) is 0 Å². The first-order valence-corrected chi connectivity index (χ1v) is 8.54. The van der Waals surface area contributed by atoms with E-state index in [0.29, 0.717) is 0 Å². The highest BCUT2D eigenvalue weighted by molar-refractivity contribution is 9.10. The zero-order valence-corrected chi connectivity index (χ0v) is 15.5. The van der Waals surface area contributed by atoms with Crippen molar-refractivity contribution in [3.63, 3.8) is 0 Å². The Balaban J connectivity index is 2.11. The molecule has 21 heavy (non-hydrogen) atoms. The van der Waals surface area contributed by atoms with E-state index in [1.807, 2.05) is 6.92 Å². The average molecular weight is 412 g/mol. The number of hydrogen-bond donors (Lipinski definition) is 1. The number of halogens is 2. The fourth-order valence-corrected chi connectivity index (χ4v) is 3.30. The van der Waals surface area contributed by atoms with Crippen molar-refractivity contribution in [2.75, 3.05) is 11.9 Å². The minimum Gasteiger partial charge on any atom is -0.369 e. The Hall–Kier alpha value is -0.840. The summed E-state index contributed by atoms with van der Waals surface area (Å²) in [6, 6.07) is 15.1. The second kappa shape index (κ2) is 7.43. The highest BCUT2D eigenvalue weighted by Gasteiger charge is 2.08. The van der Waals surface area contributed by atoms with Gasteiger partial charge in [-0.2, -0.15) is 0 Å². The number of anilines is 1. The van der Waals surface area contributed by atoms with Crippen LogP contribution >= 0.6 is 31.9 Å². The second-order valence-corrected chi connectivity index (χ2v) is 7.22. The maximum atomic E-state index is 5.86. The van der Waals surface area contributed by atoms with Gasteiger partial charge in [0, 0.05) is 28.6 Å². The zero-order valence-electron chi connectivity index (χ0n) is 12.3. The molecular formula is C17H20Br2N2. The van der Waals surface area contributed by atoms with E-state index in [9.17, 15) is 0 Å². The van der Waals surface area contributed by atoms with Crippen LogP contribution in [-0.4, -0.2) is 13.1 Å². The molecule has 4 heteroatoms. The van der Waals surface area contributed by atoms with Gasteiger partial charge in [0.05, 0.1) is 5.69 Å². The molecule has 0 heterocycles. The van der Waals surface area contributed by atoms with Crippen LogP contribution in [0.1, 0.15) is 18.1 Å². The Labute approximate surface area is 143 Å². The summed E-state index contributed by atoms with van der Waals surface area (Å²) in [5.74, 6) is 0. The Morgan fingerprint density at radius 1 is 1.05 bits per heavy atom. The molecule has 2 aromatic carbocycles. The molecular weight excluding hydrogens is 392 g/mol. The molecule has 0 aliphatic heterocycles. The quantitative estimate of drug-likeness (QED) is 0.769. The first kappa shape index (κ1) is 16.5. The van der Waals surface area contributed by atoms with Crippen molar-refractivity contribution >= 4 is 37.5 Å². The predicted octanol–water partition coefficient (Wildman–Crippen LogP) is 4.74. The van der Waals surface area contributed by atoms with Gasteiger partial charge in [-0.3, -0.25) is 0 Å². The molecule has 1 unspecified atom stereocenters. The van der Waals surface area contributed by atoms with Gasteiger partial charge in [-0.25, -0.2) is 0 Å². The van der Waals surface area contributed by atoms with Crippen LogP contribution in [0.4, 0.5) is 5.69 Å². The summed E-state index contributed by atoms with van der Waals surface area (Å²) in [5.41, 5.74) is 9.59. The first-order chi connectivity index (χ1) is 9.95. The summed E-state index contributed by atoms with van der Waals surface area (Å²) in [7, 11) is 2.10. The second-order valence-electron chi connectivity index (χ2n) is 5.45. The normalized spacial score (nSPS) is 12.2. The molecule has 0 saturated heterocycles. The molecule has 2 nitrogen and oxygen atoms in total. The molecule has 0 aliphatic carbocycles. The van der Waals surface area contributed by atoms with Crippen molar-refractivity contribution in [3.8, 4) is 0 Å². The van der Waals surface area contributed by atoms with Crippen molar-refractivity contribution in [1.29, 1.82) is 0 Å². The summed E-state index contributed by atoms with van der Waals surface area (Å²) >= 11 is 7.14. The molecule has 0 aromatic heterocycles. The van der Waals surface area contributed by atoms with Crippen LogP contribution in [0, 0.1) is 0 Å². The number of nitrogens with two attached hydrogens (primary N) is 1. The van der Waals surface area contributed by atoms with E-state index in [2.05, 4.69) is 86.3 Å². The van der Waals surface area contributed by atoms with E-state index in [1.54, 1.807) is 0 Å².